The van der Waals surface area contributed by atoms with Crippen LogP contribution in [0.3, 0.4) is 0 Å². The molecule has 1 amide bonds. The molecule has 142 valence electrons. The lowest BCUT2D eigenvalue weighted by atomic mass is 10.1. The van der Waals surface area contributed by atoms with E-state index in [0.29, 0.717) is 11.5 Å². The van der Waals surface area contributed by atoms with Gasteiger partial charge in [0, 0.05) is 12.1 Å². The number of hydrogen-bond donors (Lipinski definition) is 1. The lowest BCUT2D eigenvalue weighted by molar-refractivity contribution is -0.144. The van der Waals surface area contributed by atoms with Gasteiger partial charge in [-0.1, -0.05) is 31.7 Å². The van der Waals surface area contributed by atoms with Crippen LogP contribution in [-0.4, -0.2) is 38.7 Å². The van der Waals surface area contributed by atoms with E-state index in [1.165, 1.54) is 18.9 Å². The topological polar surface area (TPSA) is 73.9 Å². The highest BCUT2D eigenvalue weighted by Gasteiger charge is 2.15. The number of esters is 1. The van der Waals surface area contributed by atoms with Crippen LogP contribution in [0.15, 0.2) is 24.3 Å². The van der Waals surface area contributed by atoms with E-state index in [9.17, 15) is 9.59 Å². The summed E-state index contributed by atoms with van der Waals surface area (Å²) in [5.41, 5.74) is 0.766. The minimum absolute atomic E-state index is 0.200. The maximum Gasteiger partial charge on any atom is 0.331 e. The first-order valence-electron chi connectivity index (χ1n) is 8.98. The molecule has 1 N–H and O–H groups in total. The van der Waals surface area contributed by atoms with E-state index in [1.54, 1.807) is 38.5 Å². The highest BCUT2D eigenvalue weighted by atomic mass is 16.5. The summed E-state index contributed by atoms with van der Waals surface area (Å²) in [7, 11) is 3.11. The summed E-state index contributed by atoms with van der Waals surface area (Å²) in [5, 5.41) is 2.95. The molecule has 0 atom stereocenters. The normalized spacial score (nSPS) is 15.3. The average Bonchev–Trinajstić information content (AvgIpc) is 2.93. The van der Waals surface area contributed by atoms with Gasteiger partial charge in [0.1, 0.15) is 0 Å². The number of benzene rings is 1. The number of nitrogens with one attached hydrogen (secondary N) is 1. The zero-order valence-corrected chi connectivity index (χ0v) is 15.5. The summed E-state index contributed by atoms with van der Waals surface area (Å²) in [4.78, 5) is 23.7. The predicted molar refractivity (Wildman–Crippen MR) is 99.2 cm³/mol. The molecule has 0 aromatic heterocycles. The Labute approximate surface area is 154 Å². The van der Waals surface area contributed by atoms with Crippen LogP contribution in [0.2, 0.25) is 0 Å². The Morgan fingerprint density at radius 1 is 1.08 bits per heavy atom. The van der Waals surface area contributed by atoms with E-state index in [2.05, 4.69) is 5.32 Å². The Balaban J connectivity index is 1.78. The van der Waals surface area contributed by atoms with Crippen LogP contribution in [-0.2, 0) is 14.3 Å². The Hall–Kier alpha value is -2.50. The van der Waals surface area contributed by atoms with Crippen molar-refractivity contribution in [1.29, 1.82) is 0 Å². The number of carbonyl (C=O) groups excluding carboxylic acids is 2. The number of ether oxygens (including phenoxy) is 3. The molecule has 1 aliphatic carbocycles. The second-order valence-electron chi connectivity index (χ2n) is 6.31. The summed E-state index contributed by atoms with van der Waals surface area (Å²) in [5.74, 6) is 0.383. The van der Waals surface area contributed by atoms with Crippen molar-refractivity contribution in [2.75, 3.05) is 20.8 Å². The van der Waals surface area contributed by atoms with Gasteiger partial charge in [-0.15, -0.1) is 0 Å². The Morgan fingerprint density at radius 2 is 1.77 bits per heavy atom. The highest BCUT2D eigenvalue weighted by Crippen LogP contribution is 2.27. The minimum Gasteiger partial charge on any atom is -0.493 e. The fourth-order valence-corrected chi connectivity index (χ4v) is 3.00. The summed E-state index contributed by atoms with van der Waals surface area (Å²) in [6.45, 7) is -0.258. The minimum atomic E-state index is -0.559. The molecule has 0 radical (unpaired) electrons. The molecule has 1 fully saturated rings. The maximum absolute atomic E-state index is 11.9. The molecular formula is C20H27NO5. The standard InChI is InChI=1S/C20H27NO5/c1-24-17-11-9-15(13-18(17)25-2)10-12-20(23)26-14-19(22)21-16-7-5-3-4-6-8-16/h9-13,16H,3-8,14H2,1-2H3,(H,21,22)/b12-10+. The fraction of sp³-hybridized carbons (Fsp3) is 0.500. The van der Waals surface area contributed by atoms with Gasteiger partial charge in [-0.3, -0.25) is 4.79 Å². The van der Waals surface area contributed by atoms with Crippen molar-refractivity contribution in [3.8, 4) is 11.5 Å². The molecule has 6 heteroatoms. The second kappa shape index (κ2) is 10.5. The largest absolute Gasteiger partial charge is 0.493 e. The molecule has 1 aliphatic rings. The maximum atomic E-state index is 11.9. The summed E-state index contributed by atoms with van der Waals surface area (Å²) < 4.78 is 15.4. The SMILES string of the molecule is COc1ccc(/C=C/C(=O)OCC(=O)NC2CCCCCC2)cc1OC. The first-order chi connectivity index (χ1) is 12.6. The van der Waals surface area contributed by atoms with Crippen molar-refractivity contribution in [1.82, 2.24) is 5.32 Å². The summed E-state index contributed by atoms with van der Waals surface area (Å²) in [6.07, 6.45) is 9.62. The van der Waals surface area contributed by atoms with Crippen molar-refractivity contribution in [2.24, 2.45) is 0 Å². The third-order valence-electron chi connectivity index (χ3n) is 4.39. The van der Waals surface area contributed by atoms with Gasteiger partial charge in [0.15, 0.2) is 18.1 Å². The van der Waals surface area contributed by atoms with Crippen LogP contribution in [0.25, 0.3) is 6.08 Å². The average molecular weight is 361 g/mol. The van der Waals surface area contributed by atoms with Crippen LogP contribution < -0.4 is 14.8 Å². The molecule has 2 rings (SSSR count). The van der Waals surface area contributed by atoms with E-state index in [-0.39, 0.29) is 18.6 Å². The van der Waals surface area contributed by atoms with Gasteiger partial charge in [-0.05, 0) is 36.6 Å². The number of carbonyl (C=O) groups is 2. The van der Waals surface area contributed by atoms with E-state index in [0.717, 1.165) is 31.2 Å². The van der Waals surface area contributed by atoms with Gasteiger partial charge in [-0.2, -0.15) is 0 Å². The second-order valence-corrected chi connectivity index (χ2v) is 6.31. The molecular weight excluding hydrogens is 334 g/mol. The highest BCUT2D eigenvalue weighted by molar-refractivity contribution is 5.89. The molecule has 1 aromatic carbocycles. The first kappa shape index (κ1) is 19.8. The van der Waals surface area contributed by atoms with Crippen LogP contribution >= 0.6 is 0 Å². The molecule has 0 bridgehead atoms. The lowest BCUT2D eigenvalue weighted by Crippen LogP contribution is -2.37. The van der Waals surface area contributed by atoms with Gasteiger partial charge in [-0.25, -0.2) is 4.79 Å². The fourth-order valence-electron chi connectivity index (χ4n) is 3.00. The molecule has 0 spiro atoms. The molecule has 0 unspecified atom stereocenters. The van der Waals surface area contributed by atoms with E-state index in [4.69, 9.17) is 14.2 Å². The molecule has 6 nitrogen and oxygen atoms in total. The number of hydrogen-bond acceptors (Lipinski definition) is 5. The Kier molecular flexibility index (Phi) is 7.99. The van der Waals surface area contributed by atoms with E-state index >= 15 is 0 Å². The van der Waals surface area contributed by atoms with Gasteiger partial charge < -0.3 is 19.5 Å². The molecule has 0 saturated heterocycles. The number of rotatable bonds is 7. The summed E-state index contributed by atoms with van der Waals surface area (Å²) >= 11 is 0. The van der Waals surface area contributed by atoms with Gasteiger partial charge in [0.25, 0.3) is 5.91 Å². The smallest absolute Gasteiger partial charge is 0.331 e. The van der Waals surface area contributed by atoms with Crippen LogP contribution in [0.5, 0.6) is 11.5 Å². The third kappa shape index (κ3) is 6.43. The third-order valence-corrected chi connectivity index (χ3v) is 4.39. The Bertz CT molecular complexity index is 633. The van der Waals surface area contributed by atoms with Crippen molar-refractivity contribution in [3.63, 3.8) is 0 Å². The van der Waals surface area contributed by atoms with Crippen molar-refractivity contribution in [2.45, 2.75) is 44.6 Å². The molecule has 0 aliphatic heterocycles. The number of methoxy groups -OCH3 is 2. The van der Waals surface area contributed by atoms with Crippen molar-refractivity contribution in [3.05, 3.63) is 29.8 Å². The zero-order chi connectivity index (χ0) is 18.8. The molecule has 1 saturated carbocycles. The Morgan fingerprint density at radius 3 is 2.42 bits per heavy atom. The van der Waals surface area contributed by atoms with Crippen LogP contribution in [0, 0.1) is 0 Å². The van der Waals surface area contributed by atoms with Crippen molar-refractivity contribution < 1.29 is 23.8 Å². The van der Waals surface area contributed by atoms with E-state index < -0.39 is 5.97 Å². The first-order valence-corrected chi connectivity index (χ1v) is 8.98. The molecule has 1 aromatic rings. The molecule has 26 heavy (non-hydrogen) atoms. The number of amides is 1. The monoisotopic (exact) mass is 361 g/mol. The lowest BCUT2D eigenvalue weighted by Gasteiger charge is -2.15. The zero-order valence-electron chi connectivity index (χ0n) is 15.5. The van der Waals surface area contributed by atoms with Crippen LogP contribution in [0.4, 0.5) is 0 Å². The van der Waals surface area contributed by atoms with Gasteiger partial charge in [0.05, 0.1) is 14.2 Å². The van der Waals surface area contributed by atoms with Crippen LogP contribution in [0.1, 0.15) is 44.1 Å². The van der Waals surface area contributed by atoms with Gasteiger partial charge >= 0.3 is 5.97 Å². The van der Waals surface area contributed by atoms with E-state index in [1.807, 2.05) is 0 Å². The molecule has 0 heterocycles. The quantitative estimate of drug-likeness (QED) is 0.459. The van der Waals surface area contributed by atoms with Crippen molar-refractivity contribution >= 4 is 18.0 Å². The predicted octanol–water partition coefficient (Wildman–Crippen LogP) is 3.10. The van der Waals surface area contributed by atoms with Gasteiger partial charge in [0.2, 0.25) is 0 Å². The summed E-state index contributed by atoms with van der Waals surface area (Å²) in [6, 6.07) is 5.50.